The zero-order chi connectivity index (χ0) is 15.6. The Bertz CT molecular complexity index is 549. The highest BCUT2D eigenvalue weighted by atomic mass is 19.4. The summed E-state index contributed by atoms with van der Waals surface area (Å²) in [4.78, 5) is 3.81. The summed E-state index contributed by atoms with van der Waals surface area (Å²) in [5.74, 6) is -2.62. The van der Waals surface area contributed by atoms with Gasteiger partial charge < -0.3 is 11.1 Å². The van der Waals surface area contributed by atoms with E-state index in [1.54, 1.807) is 0 Å². The Balaban J connectivity index is 2.10. The van der Waals surface area contributed by atoms with E-state index in [0.29, 0.717) is 6.07 Å². The van der Waals surface area contributed by atoms with Crippen LogP contribution in [0.15, 0.2) is 17.1 Å². The van der Waals surface area contributed by atoms with Crippen LogP contribution in [-0.2, 0) is 12.7 Å². The van der Waals surface area contributed by atoms with Gasteiger partial charge in [-0.1, -0.05) is 0 Å². The molecule has 1 aliphatic carbocycles. The highest BCUT2D eigenvalue weighted by Gasteiger charge is 2.35. The molecule has 3 nitrogen and oxygen atoms in total. The first-order valence-electron chi connectivity index (χ1n) is 6.39. The lowest BCUT2D eigenvalue weighted by molar-refractivity contribution is -0.140. The van der Waals surface area contributed by atoms with Crippen molar-refractivity contribution in [3.05, 3.63) is 34.9 Å². The molecule has 0 amide bonds. The summed E-state index contributed by atoms with van der Waals surface area (Å²) in [5.41, 5.74) is 3.65. The molecular weight excluding hydrogens is 293 g/mol. The third-order valence-corrected chi connectivity index (χ3v) is 3.32. The number of alkyl halides is 3. The number of benzene rings is 1. The average molecular weight is 307 g/mol. The first-order chi connectivity index (χ1) is 9.77. The third-order valence-electron chi connectivity index (χ3n) is 3.32. The van der Waals surface area contributed by atoms with Gasteiger partial charge in [-0.3, -0.25) is 0 Å². The Morgan fingerprint density at radius 2 is 1.90 bits per heavy atom. The van der Waals surface area contributed by atoms with Crippen molar-refractivity contribution < 1.29 is 22.0 Å². The average Bonchev–Trinajstić information content (AvgIpc) is 2.33. The lowest BCUT2D eigenvalue weighted by atomic mass is 9.93. The third kappa shape index (κ3) is 3.83. The van der Waals surface area contributed by atoms with Crippen LogP contribution in [0.4, 0.5) is 22.0 Å². The first-order valence-corrected chi connectivity index (χ1v) is 6.39. The maximum Gasteiger partial charge on any atom is 0.419 e. The van der Waals surface area contributed by atoms with Crippen LogP contribution < -0.4 is 11.1 Å². The number of nitrogens with two attached hydrogens (primary N) is 1. The zero-order valence-corrected chi connectivity index (χ0v) is 11.0. The highest BCUT2D eigenvalue weighted by molar-refractivity contribution is 5.78. The van der Waals surface area contributed by atoms with Gasteiger partial charge >= 0.3 is 6.18 Å². The van der Waals surface area contributed by atoms with Crippen LogP contribution in [0.25, 0.3) is 0 Å². The largest absolute Gasteiger partial charge is 0.419 e. The molecule has 0 saturated heterocycles. The molecular formula is C13H14F5N3. The predicted molar refractivity (Wildman–Crippen MR) is 67.5 cm³/mol. The quantitative estimate of drug-likeness (QED) is 0.512. The topological polar surface area (TPSA) is 50.4 Å². The number of hydrogen-bond acceptors (Lipinski definition) is 1. The van der Waals surface area contributed by atoms with E-state index in [4.69, 9.17) is 5.73 Å². The molecule has 0 aromatic heterocycles. The lowest BCUT2D eigenvalue weighted by Crippen LogP contribution is -2.43. The van der Waals surface area contributed by atoms with Crippen LogP contribution >= 0.6 is 0 Å². The molecule has 0 unspecified atom stereocenters. The second kappa shape index (κ2) is 5.87. The van der Waals surface area contributed by atoms with Crippen molar-refractivity contribution in [2.45, 2.75) is 38.0 Å². The SMILES string of the molecule is NC(=NCc1cc(F)c(C(F)(F)F)cc1F)NC1CCC1. The summed E-state index contributed by atoms with van der Waals surface area (Å²) in [6.45, 7) is -0.327. The van der Waals surface area contributed by atoms with E-state index in [0.717, 1.165) is 19.3 Å². The number of hydrogen-bond donors (Lipinski definition) is 2. The predicted octanol–water partition coefficient (Wildman–Crippen LogP) is 2.94. The molecule has 8 heteroatoms. The standard InChI is InChI=1S/C13H14F5N3/c14-10-5-9(13(16,17)18)11(15)4-7(10)6-20-12(19)21-8-2-1-3-8/h4-5,8H,1-3,6H2,(H3,19,20,21). The molecule has 0 aliphatic heterocycles. The minimum absolute atomic E-state index is 0.0689. The maximum absolute atomic E-state index is 13.6. The molecule has 0 spiro atoms. The molecule has 0 bridgehead atoms. The van der Waals surface area contributed by atoms with E-state index in [2.05, 4.69) is 10.3 Å². The summed E-state index contributed by atoms with van der Waals surface area (Å²) in [7, 11) is 0. The van der Waals surface area contributed by atoms with E-state index < -0.39 is 23.4 Å². The van der Waals surface area contributed by atoms with Crippen LogP contribution in [-0.4, -0.2) is 12.0 Å². The lowest BCUT2D eigenvalue weighted by Gasteiger charge is -2.26. The molecule has 1 aliphatic rings. The molecule has 1 fully saturated rings. The molecule has 1 aromatic carbocycles. The number of halogens is 5. The fourth-order valence-electron chi connectivity index (χ4n) is 1.90. The van der Waals surface area contributed by atoms with Gasteiger partial charge in [0.15, 0.2) is 5.96 Å². The van der Waals surface area contributed by atoms with Crippen molar-refractivity contribution in [2.75, 3.05) is 0 Å². The molecule has 0 heterocycles. The summed E-state index contributed by atoms with van der Waals surface area (Å²) in [6, 6.07) is 0.858. The molecule has 0 atom stereocenters. The molecule has 0 radical (unpaired) electrons. The molecule has 2 rings (SSSR count). The van der Waals surface area contributed by atoms with Crippen LogP contribution in [0.3, 0.4) is 0 Å². The summed E-state index contributed by atoms with van der Waals surface area (Å²) in [6.07, 6.45) is -1.93. The van der Waals surface area contributed by atoms with Gasteiger partial charge in [-0.2, -0.15) is 13.2 Å². The van der Waals surface area contributed by atoms with Crippen LogP contribution in [0.5, 0.6) is 0 Å². The van der Waals surface area contributed by atoms with E-state index >= 15 is 0 Å². The van der Waals surface area contributed by atoms with Crippen LogP contribution in [0.1, 0.15) is 30.4 Å². The number of guanidine groups is 1. The monoisotopic (exact) mass is 307 g/mol. The molecule has 1 saturated carbocycles. The maximum atomic E-state index is 13.6. The van der Waals surface area contributed by atoms with E-state index in [9.17, 15) is 22.0 Å². The number of nitrogens with one attached hydrogen (secondary N) is 1. The second-order valence-corrected chi connectivity index (χ2v) is 4.89. The van der Waals surface area contributed by atoms with E-state index in [-0.39, 0.29) is 30.2 Å². The molecule has 21 heavy (non-hydrogen) atoms. The minimum atomic E-state index is -4.93. The number of aliphatic imine (C=N–C) groups is 1. The summed E-state index contributed by atoms with van der Waals surface area (Å²) in [5, 5.41) is 2.89. The van der Waals surface area contributed by atoms with Gasteiger partial charge in [-0.25, -0.2) is 13.8 Å². The van der Waals surface area contributed by atoms with Crippen molar-refractivity contribution in [2.24, 2.45) is 10.7 Å². The van der Waals surface area contributed by atoms with E-state index in [1.807, 2.05) is 0 Å². The second-order valence-electron chi connectivity index (χ2n) is 4.89. The highest BCUT2D eigenvalue weighted by Crippen LogP contribution is 2.32. The van der Waals surface area contributed by atoms with Gasteiger partial charge in [0.05, 0.1) is 12.1 Å². The Morgan fingerprint density at radius 1 is 1.24 bits per heavy atom. The zero-order valence-electron chi connectivity index (χ0n) is 11.0. The molecule has 3 N–H and O–H groups in total. The molecule has 1 aromatic rings. The van der Waals surface area contributed by atoms with E-state index in [1.165, 1.54) is 0 Å². The van der Waals surface area contributed by atoms with Gasteiger partial charge in [0.1, 0.15) is 11.6 Å². The smallest absolute Gasteiger partial charge is 0.370 e. The van der Waals surface area contributed by atoms with Crippen LogP contribution in [0, 0.1) is 11.6 Å². The van der Waals surface area contributed by atoms with Gasteiger partial charge in [0.2, 0.25) is 0 Å². The fraction of sp³-hybridized carbons (Fsp3) is 0.462. The van der Waals surface area contributed by atoms with Gasteiger partial charge in [-0.05, 0) is 31.4 Å². The minimum Gasteiger partial charge on any atom is -0.370 e. The van der Waals surface area contributed by atoms with Crippen molar-refractivity contribution in [3.63, 3.8) is 0 Å². The normalized spacial score (nSPS) is 16.7. The first kappa shape index (κ1) is 15.5. The van der Waals surface area contributed by atoms with Crippen molar-refractivity contribution in [1.82, 2.24) is 5.32 Å². The number of rotatable bonds is 3. The van der Waals surface area contributed by atoms with Crippen molar-refractivity contribution in [1.29, 1.82) is 0 Å². The van der Waals surface area contributed by atoms with Gasteiger partial charge in [0, 0.05) is 11.6 Å². The summed E-state index contributed by atoms with van der Waals surface area (Å²) < 4.78 is 64.1. The Hall–Kier alpha value is -1.86. The van der Waals surface area contributed by atoms with Gasteiger partial charge in [-0.15, -0.1) is 0 Å². The van der Waals surface area contributed by atoms with Crippen molar-refractivity contribution >= 4 is 5.96 Å². The van der Waals surface area contributed by atoms with Crippen LogP contribution in [0.2, 0.25) is 0 Å². The Morgan fingerprint density at radius 3 is 2.43 bits per heavy atom. The fourth-order valence-corrected chi connectivity index (χ4v) is 1.90. The van der Waals surface area contributed by atoms with Gasteiger partial charge in [0.25, 0.3) is 0 Å². The van der Waals surface area contributed by atoms with Crippen molar-refractivity contribution in [3.8, 4) is 0 Å². The Labute approximate surface area is 118 Å². The molecule has 116 valence electrons. The number of nitrogens with zero attached hydrogens (tertiary/aromatic N) is 1. The summed E-state index contributed by atoms with van der Waals surface area (Å²) >= 11 is 0. The Kier molecular flexibility index (Phi) is 4.34.